The van der Waals surface area contributed by atoms with E-state index in [0.29, 0.717) is 0 Å². The average molecular weight is 198 g/mol. The lowest BCUT2D eigenvalue weighted by atomic mass is 10.1. The Morgan fingerprint density at radius 1 is 1.29 bits per heavy atom. The van der Waals surface area contributed by atoms with Gasteiger partial charge in [-0.15, -0.1) is 0 Å². The molecule has 14 heavy (non-hydrogen) atoms. The van der Waals surface area contributed by atoms with E-state index in [1.807, 2.05) is 0 Å². The van der Waals surface area contributed by atoms with E-state index in [9.17, 15) is 0 Å². The number of likely N-dealkylation sites (N-methyl/N-ethyl adjacent to an activating group) is 1. The van der Waals surface area contributed by atoms with Crippen molar-refractivity contribution in [2.24, 2.45) is 0 Å². The van der Waals surface area contributed by atoms with Crippen molar-refractivity contribution < 1.29 is 0 Å². The first-order chi connectivity index (χ1) is 6.86. The molecule has 2 heteroatoms. The van der Waals surface area contributed by atoms with Crippen LogP contribution in [0.2, 0.25) is 0 Å². The lowest BCUT2D eigenvalue weighted by Gasteiger charge is -2.33. The number of unbranched alkanes of at least 4 members (excludes halogenated alkanes) is 2. The second-order valence-electron chi connectivity index (χ2n) is 4.40. The molecular weight excluding hydrogens is 172 g/mol. The molecule has 1 rings (SSSR count). The quantitative estimate of drug-likeness (QED) is 0.659. The standard InChI is InChI=1S/C12H26N2/c1-3-5-6-9-14-10-7-8-12(11-14)13-4-2/h12-13H,3-11H2,1-2H3. The third-order valence-corrected chi connectivity index (χ3v) is 3.08. The summed E-state index contributed by atoms with van der Waals surface area (Å²) >= 11 is 0. The summed E-state index contributed by atoms with van der Waals surface area (Å²) in [7, 11) is 0. The monoisotopic (exact) mass is 198 g/mol. The fraction of sp³-hybridized carbons (Fsp3) is 1.00. The van der Waals surface area contributed by atoms with Crippen molar-refractivity contribution >= 4 is 0 Å². The maximum atomic E-state index is 3.56. The van der Waals surface area contributed by atoms with Crippen molar-refractivity contribution in [3.63, 3.8) is 0 Å². The molecule has 84 valence electrons. The Labute approximate surface area is 89.1 Å². The predicted molar refractivity (Wildman–Crippen MR) is 62.7 cm³/mol. The molecule has 0 aromatic carbocycles. The fourth-order valence-corrected chi connectivity index (χ4v) is 2.30. The summed E-state index contributed by atoms with van der Waals surface area (Å²) in [5.41, 5.74) is 0. The molecule has 0 aliphatic carbocycles. The van der Waals surface area contributed by atoms with Crippen LogP contribution in [0.3, 0.4) is 0 Å². The highest BCUT2D eigenvalue weighted by Crippen LogP contribution is 2.10. The number of piperidine rings is 1. The molecular formula is C12H26N2. The maximum Gasteiger partial charge on any atom is 0.0195 e. The van der Waals surface area contributed by atoms with Gasteiger partial charge < -0.3 is 10.2 Å². The molecule has 1 fully saturated rings. The van der Waals surface area contributed by atoms with E-state index in [-0.39, 0.29) is 0 Å². The van der Waals surface area contributed by atoms with E-state index in [1.54, 1.807) is 0 Å². The predicted octanol–water partition coefficient (Wildman–Crippen LogP) is 2.25. The van der Waals surface area contributed by atoms with E-state index in [1.165, 1.54) is 51.7 Å². The van der Waals surface area contributed by atoms with Crippen molar-refractivity contribution in [3.05, 3.63) is 0 Å². The summed E-state index contributed by atoms with van der Waals surface area (Å²) in [4.78, 5) is 2.63. The zero-order valence-electron chi connectivity index (χ0n) is 9.89. The maximum absolute atomic E-state index is 3.56. The summed E-state index contributed by atoms with van der Waals surface area (Å²) in [5, 5.41) is 3.56. The van der Waals surface area contributed by atoms with Crippen molar-refractivity contribution in [2.75, 3.05) is 26.2 Å². The zero-order valence-corrected chi connectivity index (χ0v) is 9.89. The van der Waals surface area contributed by atoms with Gasteiger partial charge in [-0.25, -0.2) is 0 Å². The molecule has 0 radical (unpaired) electrons. The molecule has 1 saturated heterocycles. The second-order valence-corrected chi connectivity index (χ2v) is 4.40. The van der Waals surface area contributed by atoms with Gasteiger partial charge in [0.15, 0.2) is 0 Å². The van der Waals surface area contributed by atoms with Crippen LogP contribution in [-0.2, 0) is 0 Å². The van der Waals surface area contributed by atoms with E-state index in [2.05, 4.69) is 24.1 Å². The van der Waals surface area contributed by atoms with Crippen molar-refractivity contribution in [1.29, 1.82) is 0 Å². The van der Waals surface area contributed by atoms with Crippen LogP contribution in [0, 0.1) is 0 Å². The lowest BCUT2D eigenvalue weighted by Crippen LogP contribution is -2.45. The number of nitrogens with one attached hydrogen (secondary N) is 1. The summed E-state index contributed by atoms with van der Waals surface area (Å²) < 4.78 is 0. The highest BCUT2D eigenvalue weighted by atomic mass is 15.2. The lowest BCUT2D eigenvalue weighted by molar-refractivity contribution is 0.189. The van der Waals surface area contributed by atoms with Crippen LogP contribution < -0.4 is 5.32 Å². The molecule has 1 atom stereocenters. The summed E-state index contributed by atoms with van der Waals surface area (Å²) in [6, 6.07) is 0.760. The number of hydrogen-bond donors (Lipinski definition) is 1. The van der Waals surface area contributed by atoms with Gasteiger partial charge in [-0.05, 0) is 38.9 Å². The molecule has 1 N–H and O–H groups in total. The van der Waals surface area contributed by atoms with E-state index >= 15 is 0 Å². The summed E-state index contributed by atoms with van der Waals surface area (Å²) in [5.74, 6) is 0. The van der Waals surface area contributed by atoms with Crippen LogP contribution in [0.1, 0.15) is 46.0 Å². The first kappa shape index (κ1) is 12.0. The molecule has 1 aliphatic heterocycles. The molecule has 2 nitrogen and oxygen atoms in total. The molecule has 1 heterocycles. The van der Waals surface area contributed by atoms with Crippen molar-refractivity contribution in [3.8, 4) is 0 Å². The molecule has 0 aromatic heterocycles. The number of hydrogen-bond acceptors (Lipinski definition) is 2. The minimum atomic E-state index is 0.760. The first-order valence-electron chi connectivity index (χ1n) is 6.32. The van der Waals surface area contributed by atoms with Gasteiger partial charge in [-0.1, -0.05) is 26.7 Å². The van der Waals surface area contributed by atoms with Gasteiger partial charge in [-0.3, -0.25) is 0 Å². The van der Waals surface area contributed by atoms with Gasteiger partial charge in [-0.2, -0.15) is 0 Å². The average Bonchev–Trinajstić information content (AvgIpc) is 2.19. The van der Waals surface area contributed by atoms with E-state index in [4.69, 9.17) is 0 Å². The fourth-order valence-electron chi connectivity index (χ4n) is 2.30. The highest BCUT2D eigenvalue weighted by molar-refractivity contribution is 4.77. The Balaban J connectivity index is 2.12. The van der Waals surface area contributed by atoms with Crippen LogP contribution >= 0.6 is 0 Å². The minimum absolute atomic E-state index is 0.760. The molecule has 0 spiro atoms. The van der Waals surface area contributed by atoms with Crippen LogP contribution in [0.4, 0.5) is 0 Å². The zero-order chi connectivity index (χ0) is 10.2. The van der Waals surface area contributed by atoms with Crippen LogP contribution in [0.5, 0.6) is 0 Å². The Bertz CT molecular complexity index is 134. The van der Waals surface area contributed by atoms with Crippen molar-refractivity contribution in [1.82, 2.24) is 10.2 Å². The van der Waals surface area contributed by atoms with Gasteiger partial charge in [0.25, 0.3) is 0 Å². The third-order valence-electron chi connectivity index (χ3n) is 3.08. The van der Waals surface area contributed by atoms with Crippen molar-refractivity contribution in [2.45, 2.75) is 52.0 Å². The SMILES string of the molecule is CCCCCN1CCCC(NCC)C1. The normalized spacial score (nSPS) is 24.0. The summed E-state index contributed by atoms with van der Waals surface area (Å²) in [6.07, 6.45) is 6.87. The molecule has 1 unspecified atom stereocenters. The molecule has 0 amide bonds. The van der Waals surface area contributed by atoms with Gasteiger partial charge >= 0.3 is 0 Å². The van der Waals surface area contributed by atoms with Gasteiger partial charge in [0.05, 0.1) is 0 Å². The molecule has 0 aromatic rings. The Morgan fingerprint density at radius 2 is 2.14 bits per heavy atom. The van der Waals surface area contributed by atoms with E-state index < -0.39 is 0 Å². The Kier molecular flexibility index (Phi) is 6.20. The van der Waals surface area contributed by atoms with Crippen LogP contribution in [-0.4, -0.2) is 37.1 Å². The molecule has 1 aliphatic rings. The number of likely N-dealkylation sites (tertiary alicyclic amines) is 1. The van der Waals surface area contributed by atoms with Crippen LogP contribution in [0.15, 0.2) is 0 Å². The number of rotatable bonds is 6. The largest absolute Gasteiger partial charge is 0.313 e. The molecule has 0 saturated carbocycles. The van der Waals surface area contributed by atoms with Crippen LogP contribution in [0.25, 0.3) is 0 Å². The van der Waals surface area contributed by atoms with Gasteiger partial charge in [0, 0.05) is 12.6 Å². The number of nitrogens with zero attached hydrogens (tertiary/aromatic N) is 1. The second kappa shape index (κ2) is 7.24. The Morgan fingerprint density at radius 3 is 2.86 bits per heavy atom. The smallest absolute Gasteiger partial charge is 0.0195 e. The first-order valence-corrected chi connectivity index (χ1v) is 6.32. The van der Waals surface area contributed by atoms with E-state index in [0.717, 1.165) is 12.6 Å². The minimum Gasteiger partial charge on any atom is -0.313 e. The van der Waals surface area contributed by atoms with Gasteiger partial charge in [0.2, 0.25) is 0 Å². The summed E-state index contributed by atoms with van der Waals surface area (Å²) in [6.45, 7) is 9.51. The highest BCUT2D eigenvalue weighted by Gasteiger charge is 2.17. The van der Waals surface area contributed by atoms with Gasteiger partial charge in [0.1, 0.15) is 0 Å². The third kappa shape index (κ3) is 4.43. The topological polar surface area (TPSA) is 15.3 Å². The Hall–Kier alpha value is -0.0800. The molecule has 0 bridgehead atoms.